The Morgan fingerprint density at radius 3 is 2.53 bits per heavy atom. The zero-order valence-corrected chi connectivity index (χ0v) is 11.4. The average molecular weight is 265 g/mol. The molecule has 19 heavy (non-hydrogen) atoms. The second-order valence-corrected chi connectivity index (χ2v) is 4.46. The summed E-state index contributed by atoms with van der Waals surface area (Å²) in [6, 6.07) is 2.58. The van der Waals surface area contributed by atoms with E-state index in [9.17, 15) is 9.59 Å². The first-order valence-corrected chi connectivity index (χ1v) is 6.12. The number of nitrogens with zero attached hydrogens (tertiary/aromatic N) is 2. The number of nitrogens with one attached hydrogen (secondary N) is 1. The third-order valence-corrected chi connectivity index (χ3v) is 2.61. The van der Waals surface area contributed by atoms with Crippen LogP contribution in [0.3, 0.4) is 0 Å². The molecule has 1 atom stereocenters. The van der Waals surface area contributed by atoms with Gasteiger partial charge in [0.1, 0.15) is 11.9 Å². The summed E-state index contributed by atoms with van der Waals surface area (Å²) in [6.45, 7) is 1.92. The Morgan fingerprint density at radius 2 is 2.11 bits per heavy atom. The van der Waals surface area contributed by atoms with E-state index in [0.717, 1.165) is 6.42 Å². The fraction of sp³-hybridized carbons (Fsp3) is 0.462. The van der Waals surface area contributed by atoms with Gasteiger partial charge >= 0.3 is 5.97 Å². The third kappa shape index (κ3) is 4.24. The van der Waals surface area contributed by atoms with Crippen LogP contribution in [0.25, 0.3) is 0 Å². The number of carbonyl (C=O) groups is 2. The lowest BCUT2D eigenvalue weighted by Gasteiger charge is -2.14. The van der Waals surface area contributed by atoms with Gasteiger partial charge < -0.3 is 15.3 Å². The molecule has 1 rings (SSSR count). The smallest absolute Gasteiger partial charge is 0.326 e. The summed E-state index contributed by atoms with van der Waals surface area (Å²) in [5.74, 6) is -0.587. The van der Waals surface area contributed by atoms with E-state index in [4.69, 9.17) is 5.11 Å². The van der Waals surface area contributed by atoms with Crippen LogP contribution in [0.15, 0.2) is 18.3 Å². The van der Waals surface area contributed by atoms with Crippen molar-refractivity contribution in [2.24, 2.45) is 0 Å². The molecule has 0 aromatic carbocycles. The van der Waals surface area contributed by atoms with Gasteiger partial charge in [0.05, 0.1) is 5.56 Å². The molecular formula is C13H19N3O3. The Morgan fingerprint density at radius 1 is 1.42 bits per heavy atom. The number of carbonyl (C=O) groups excluding carboxylic acids is 1. The van der Waals surface area contributed by atoms with Crippen molar-refractivity contribution in [2.75, 3.05) is 19.4 Å². The molecule has 0 spiro atoms. The summed E-state index contributed by atoms with van der Waals surface area (Å²) < 4.78 is 0. The standard InChI is InChI=1S/C13H19N3O3/c1-4-5-10(13(18)19)15-11-7-6-9(8-14-11)12(17)16(2)3/h6-8,10H,4-5H2,1-3H3,(H,14,15)(H,18,19). The van der Waals surface area contributed by atoms with Gasteiger partial charge in [-0.05, 0) is 18.6 Å². The van der Waals surface area contributed by atoms with Crippen molar-refractivity contribution in [1.29, 1.82) is 0 Å². The number of amides is 1. The van der Waals surface area contributed by atoms with Crippen LogP contribution in [-0.2, 0) is 4.79 Å². The first-order valence-electron chi connectivity index (χ1n) is 6.12. The van der Waals surface area contributed by atoms with Crippen LogP contribution in [0, 0.1) is 0 Å². The molecule has 1 unspecified atom stereocenters. The van der Waals surface area contributed by atoms with Gasteiger partial charge in [0.2, 0.25) is 0 Å². The summed E-state index contributed by atoms with van der Waals surface area (Å²) in [5, 5.41) is 11.9. The number of hydrogen-bond donors (Lipinski definition) is 2. The zero-order valence-electron chi connectivity index (χ0n) is 11.4. The minimum atomic E-state index is -0.905. The van der Waals surface area contributed by atoms with Crippen molar-refractivity contribution >= 4 is 17.7 Å². The van der Waals surface area contributed by atoms with Crippen molar-refractivity contribution in [3.05, 3.63) is 23.9 Å². The van der Waals surface area contributed by atoms with Crippen molar-refractivity contribution < 1.29 is 14.7 Å². The Hall–Kier alpha value is -2.11. The molecule has 0 radical (unpaired) electrons. The Bertz CT molecular complexity index is 443. The van der Waals surface area contributed by atoms with E-state index in [1.807, 2.05) is 6.92 Å². The van der Waals surface area contributed by atoms with E-state index in [1.54, 1.807) is 26.2 Å². The van der Waals surface area contributed by atoms with E-state index in [2.05, 4.69) is 10.3 Å². The van der Waals surface area contributed by atoms with Crippen molar-refractivity contribution in [1.82, 2.24) is 9.88 Å². The van der Waals surface area contributed by atoms with Crippen LogP contribution in [0.1, 0.15) is 30.1 Å². The average Bonchev–Trinajstić information content (AvgIpc) is 2.38. The zero-order chi connectivity index (χ0) is 14.4. The fourth-order valence-corrected chi connectivity index (χ4v) is 1.59. The molecule has 0 aliphatic heterocycles. The SMILES string of the molecule is CCCC(Nc1ccc(C(=O)N(C)C)cn1)C(=O)O. The minimum absolute atomic E-state index is 0.137. The van der Waals surface area contributed by atoms with Gasteiger partial charge in [0.25, 0.3) is 5.91 Å². The highest BCUT2D eigenvalue weighted by Crippen LogP contribution is 2.10. The summed E-state index contributed by atoms with van der Waals surface area (Å²) in [7, 11) is 3.33. The topological polar surface area (TPSA) is 82.5 Å². The lowest BCUT2D eigenvalue weighted by molar-refractivity contribution is -0.138. The Labute approximate surface area is 112 Å². The molecule has 0 aliphatic rings. The van der Waals surface area contributed by atoms with Gasteiger partial charge in [0, 0.05) is 20.3 Å². The predicted octanol–water partition coefficient (Wildman–Crippen LogP) is 1.45. The fourth-order valence-electron chi connectivity index (χ4n) is 1.59. The molecule has 1 heterocycles. The summed E-state index contributed by atoms with van der Waals surface area (Å²) in [4.78, 5) is 28.2. The Kier molecular flexibility index (Phi) is 5.29. The lowest BCUT2D eigenvalue weighted by atomic mass is 10.1. The van der Waals surface area contributed by atoms with Crippen LogP contribution in [0.5, 0.6) is 0 Å². The monoisotopic (exact) mass is 265 g/mol. The predicted molar refractivity (Wildman–Crippen MR) is 72.2 cm³/mol. The van der Waals surface area contributed by atoms with Gasteiger partial charge in [-0.1, -0.05) is 13.3 Å². The molecule has 6 heteroatoms. The van der Waals surface area contributed by atoms with E-state index < -0.39 is 12.0 Å². The van der Waals surface area contributed by atoms with Crippen LogP contribution >= 0.6 is 0 Å². The quantitative estimate of drug-likeness (QED) is 0.813. The van der Waals surface area contributed by atoms with Gasteiger partial charge in [-0.15, -0.1) is 0 Å². The first-order chi connectivity index (χ1) is 8.95. The highest BCUT2D eigenvalue weighted by Gasteiger charge is 2.16. The molecule has 0 saturated heterocycles. The molecular weight excluding hydrogens is 246 g/mol. The highest BCUT2D eigenvalue weighted by atomic mass is 16.4. The molecule has 104 valence electrons. The maximum atomic E-state index is 11.7. The van der Waals surface area contributed by atoms with E-state index >= 15 is 0 Å². The van der Waals surface area contributed by atoms with E-state index in [-0.39, 0.29) is 5.91 Å². The highest BCUT2D eigenvalue weighted by molar-refractivity contribution is 5.93. The molecule has 0 saturated carbocycles. The summed E-state index contributed by atoms with van der Waals surface area (Å²) >= 11 is 0. The van der Waals surface area contributed by atoms with Crippen LogP contribution < -0.4 is 5.32 Å². The van der Waals surface area contributed by atoms with Gasteiger partial charge in [-0.25, -0.2) is 9.78 Å². The summed E-state index contributed by atoms with van der Waals surface area (Å²) in [5.41, 5.74) is 0.470. The molecule has 1 aromatic heterocycles. The third-order valence-electron chi connectivity index (χ3n) is 2.61. The number of carboxylic acid groups (broad SMARTS) is 1. The van der Waals surface area contributed by atoms with Crippen molar-refractivity contribution in [3.63, 3.8) is 0 Å². The second kappa shape index (κ2) is 6.72. The number of aromatic nitrogens is 1. The lowest BCUT2D eigenvalue weighted by Crippen LogP contribution is -2.29. The number of hydrogen-bond acceptors (Lipinski definition) is 4. The number of carboxylic acids is 1. The summed E-state index contributed by atoms with van der Waals surface area (Å²) in [6.07, 6.45) is 2.73. The maximum absolute atomic E-state index is 11.7. The van der Waals surface area contributed by atoms with Gasteiger partial charge in [0.15, 0.2) is 0 Å². The second-order valence-electron chi connectivity index (χ2n) is 4.46. The molecule has 2 N–H and O–H groups in total. The minimum Gasteiger partial charge on any atom is -0.480 e. The maximum Gasteiger partial charge on any atom is 0.326 e. The van der Waals surface area contributed by atoms with Crippen LogP contribution in [0.2, 0.25) is 0 Å². The van der Waals surface area contributed by atoms with Crippen LogP contribution in [0.4, 0.5) is 5.82 Å². The molecule has 0 bridgehead atoms. The number of aliphatic carboxylic acids is 1. The van der Waals surface area contributed by atoms with E-state index in [1.165, 1.54) is 11.1 Å². The van der Waals surface area contributed by atoms with Gasteiger partial charge in [-0.3, -0.25) is 4.79 Å². The molecule has 1 amide bonds. The molecule has 0 fully saturated rings. The van der Waals surface area contributed by atoms with Crippen molar-refractivity contribution in [2.45, 2.75) is 25.8 Å². The number of rotatable bonds is 6. The van der Waals surface area contributed by atoms with Gasteiger partial charge in [-0.2, -0.15) is 0 Å². The van der Waals surface area contributed by atoms with Crippen molar-refractivity contribution in [3.8, 4) is 0 Å². The largest absolute Gasteiger partial charge is 0.480 e. The molecule has 0 aliphatic carbocycles. The molecule has 1 aromatic rings. The number of anilines is 1. The Balaban J connectivity index is 2.76. The normalized spacial score (nSPS) is 11.7. The molecule has 6 nitrogen and oxygen atoms in total. The first kappa shape index (κ1) is 14.9. The van der Waals surface area contributed by atoms with E-state index in [0.29, 0.717) is 17.8 Å². The van der Waals surface area contributed by atoms with Crippen LogP contribution in [-0.4, -0.2) is 47.0 Å². The number of pyridine rings is 1.